The highest BCUT2D eigenvalue weighted by Gasteiger charge is 2.28. The second kappa shape index (κ2) is 6.68. The number of hydrogen-bond donors (Lipinski definition) is 2. The summed E-state index contributed by atoms with van der Waals surface area (Å²) < 4.78 is 13.1. The van der Waals surface area contributed by atoms with Crippen molar-refractivity contribution in [1.82, 2.24) is 10.6 Å². The molecule has 1 aromatic rings. The summed E-state index contributed by atoms with van der Waals surface area (Å²) in [5.74, 6) is 1.39. The van der Waals surface area contributed by atoms with Crippen molar-refractivity contribution in [2.24, 2.45) is 11.8 Å². The van der Waals surface area contributed by atoms with Gasteiger partial charge in [0.15, 0.2) is 0 Å². The minimum absolute atomic E-state index is 0.139. The van der Waals surface area contributed by atoms with Gasteiger partial charge in [0.25, 0.3) is 0 Å². The topological polar surface area (TPSA) is 24.1 Å². The third-order valence-electron chi connectivity index (χ3n) is 4.94. The highest BCUT2D eigenvalue weighted by molar-refractivity contribution is 5.21. The zero-order valence-electron chi connectivity index (χ0n) is 12.1. The van der Waals surface area contributed by atoms with Gasteiger partial charge in [0.2, 0.25) is 0 Å². The maximum Gasteiger partial charge on any atom is 0.123 e. The van der Waals surface area contributed by atoms with Gasteiger partial charge in [-0.15, -0.1) is 0 Å². The van der Waals surface area contributed by atoms with E-state index in [2.05, 4.69) is 10.6 Å². The summed E-state index contributed by atoms with van der Waals surface area (Å²) in [5.41, 5.74) is 1.25. The SMILES string of the molecule is Fc1ccc(C(NCC2CCNCC2)C2CCC2)cc1. The van der Waals surface area contributed by atoms with Gasteiger partial charge < -0.3 is 10.6 Å². The first-order valence-electron chi connectivity index (χ1n) is 8.02. The van der Waals surface area contributed by atoms with Crippen LogP contribution in [0.25, 0.3) is 0 Å². The number of nitrogens with one attached hydrogen (secondary N) is 2. The molecule has 3 rings (SSSR count). The summed E-state index contributed by atoms with van der Waals surface area (Å²) in [5, 5.41) is 7.19. The Kier molecular flexibility index (Phi) is 4.69. The van der Waals surface area contributed by atoms with E-state index in [0.717, 1.165) is 31.5 Å². The Morgan fingerprint density at radius 2 is 1.80 bits per heavy atom. The van der Waals surface area contributed by atoms with Crippen LogP contribution in [0.4, 0.5) is 4.39 Å². The first-order chi connectivity index (χ1) is 9.83. The minimum atomic E-state index is -0.139. The highest BCUT2D eigenvalue weighted by Crippen LogP contribution is 2.37. The van der Waals surface area contributed by atoms with Gasteiger partial charge in [-0.3, -0.25) is 0 Å². The number of hydrogen-bond acceptors (Lipinski definition) is 2. The normalized spacial score (nSPS) is 22.4. The van der Waals surface area contributed by atoms with E-state index in [0.29, 0.717) is 6.04 Å². The predicted octanol–water partition coefficient (Wildman–Crippen LogP) is 3.26. The summed E-state index contributed by atoms with van der Waals surface area (Å²) >= 11 is 0. The lowest BCUT2D eigenvalue weighted by Crippen LogP contribution is -2.38. The van der Waals surface area contributed by atoms with Crippen molar-refractivity contribution < 1.29 is 4.39 Å². The Labute approximate surface area is 121 Å². The van der Waals surface area contributed by atoms with Gasteiger partial charge in [-0.25, -0.2) is 4.39 Å². The molecule has 1 unspecified atom stereocenters. The van der Waals surface area contributed by atoms with Gasteiger partial charge in [0.1, 0.15) is 5.82 Å². The van der Waals surface area contributed by atoms with Gasteiger partial charge in [0.05, 0.1) is 0 Å². The molecule has 0 radical (unpaired) electrons. The van der Waals surface area contributed by atoms with Crippen LogP contribution < -0.4 is 10.6 Å². The van der Waals surface area contributed by atoms with Crippen LogP contribution in [0.15, 0.2) is 24.3 Å². The van der Waals surface area contributed by atoms with Gasteiger partial charge in [-0.2, -0.15) is 0 Å². The molecule has 1 saturated carbocycles. The number of piperidine rings is 1. The first-order valence-corrected chi connectivity index (χ1v) is 8.02. The molecule has 1 aliphatic heterocycles. The van der Waals surface area contributed by atoms with E-state index in [1.54, 1.807) is 12.1 Å². The molecule has 2 N–H and O–H groups in total. The smallest absolute Gasteiger partial charge is 0.123 e. The molecule has 0 aromatic heterocycles. The molecular weight excluding hydrogens is 251 g/mol. The van der Waals surface area contributed by atoms with Crippen molar-refractivity contribution in [3.63, 3.8) is 0 Å². The lowest BCUT2D eigenvalue weighted by atomic mass is 9.77. The van der Waals surface area contributed by atoms with Gasteiger partial charge in [-0.05, 0) is 74.8 Å². The molecule has 3 heteroatoms. The molecular formula is C17H25FN2. The van der Waals surface area contributed by atoms with Crippen molar-refractivity contribution >= 4 is 0 Å². The van der Waals surface area contributed by atoms with Gasteiger partial charge in [0, 0.05) is 6.04 Å². The molecule has 1 aromatic carbocycles. The predicted molar refractivity (Wildman–Crippen MR) is 80.1 cm³/mol. The average molecular weight is 276 g/mol. The standard InChI is InChI=1S/C17H25FN2/c18-16-6-4-15(5-7-16)17(14-2-1-3-14)20-12-13-8-10-19-11-9-13/h4-7,13-14,17,19-20H,1-3,8-12H2. The molecule has 1 aliphatic carbocycles. The summed E-state index contributed by atoms with van der Waals surface area (Å²) in [4.78, 5) is 0. The second-order valence-corrected chi connectivity index (χ2v) is 6.32. The van der Waals surface area contributed by atoms with Crippen LogP contribution in [0.3, 0.4) is 0 Å². The van der Waals surface area contributed by atoms with Crippen LogP contribution in [0.2, 0.25) is 0 Å². The van der Waals surface area contributed by atoms with E-state index >= 15 is 0 Å². The largest absolute Gasteiger partial charge is 0.317 e. The van der Waals surface area contributed by atoms with Crippen molar-refractivity contribution in [2.75, 3.05) is 19.6 Å². The minimum Gasteiger partial charge on any atom is -0.317 e. The molecule has 1 saturated heterocycles. The maximum absolute atomic E-state index is 13.1. The summed E-state index contributed by atoms with van der Waals surface area (Å²) in [6, 6.07) is 7.50. The Balaban J connectivity index is 1.61. The fraction of sp³-hybridized carbons (Fsp3) is 0.647. The Morgan fingerprint density at radius 3 is 2.40 bits per heavy atom. The third kappa shape index (κ3) is 3.39. The van der Waals surface area contributed by atoms with Gasteiger partial charge >= 0.3 is 0 Å². The quantitative estimate of drug-likeness (QED) is 0.862. The molecule has 1 heterocycles. The van der Waals surface area contributed by atoms with E-state index < -0.39 is 0 Å². The lowest BCUT2D eigenvalue weighted by molar-refractivity contribution is 0.217. The number of benzene rings is 1. The molecule has 2 fully saturated rings. The number of rotatable bonds is 5. The Morgan fingerprint density at radius 1 is 1.10 bits per heavy atom. The molecule has 0 amide bonds. The zero-order valence-corrected chi connectivity index (χ0v) is 12.1. The van der Waals surface area contributed by atoms with Crippen LogP contribution in [0.1, 0.15) is 43.7 Å². The van der Waals surface area contributed by atoms with E-state index in [4.69, 9.17) is 0 Å². The van der Waals surface area contributed by atoms with E-state index in [1.807, 2.05) is 12.1 Å². The second-order valence-electron chi connectivity index (χ2n) is 6.32. The van der Waals surface area contributed by atoms with Crippen molar-refractivity contribution in [3.8, 4) is 0 Å². The van der Waals surface area contributed by atoms with Crippen molar-refractivity contribution in [3.05, 3.63) is 35.6 Å². The number of halogens is 1. The molecule has 0 spiro atoms. The zero-order chi connectivity index (χ0) is 13.8. The summed E-state index contributed by atoms with van der Waals surface area (Å²) in [6.07, 6.45) is 6.50. The third-order valence-corrected chi connectivity index (χ3v) is 4.94. The van der Waals surface area contributed by atoms with Crippen molar-refractivity contribution in [1.29, 1.82) is 0 Å². The fourth-order valence-electron chi connectivity index (χ4n) is 3.38. The van der Waals surface area contributed by atoms with Crippen LogP contribution in [0, 0.1) is 17.7 Å². The van der Waals surface area contributed by atoms with Crippen LogP contribution in [0.5, 0.6) is 0 Å². The first kappa shape index (κ1) is 14.0. The van der Waals surface area contributed by atoms with Crippen LogP contribution in [-0.4, -0.2) is 19.6 Å². The van der Waals surface area contributed by atoms with Crippen LogP contribution >= 0.6 is 0 Å². The summed E-state index contributed by atoms with van der Waals surface area (Å²) in [7, 11) is 0. The van der Waals surface area contributed by atoms with E-state index in [9.17, 15) is 4.39 Å². The summed E-state index contributed by atoms with van der Waals surface area (Å²) in [6.45, 7) is 3.40. The molecule has 1 atom stereocenters. The fourth-order valence-corrected chi connectivity index (χ4v) is 3.38. The molecule has 110 valence electrons. The molecule has 2 nitrogen and oxygen atoms in total. The lowest BCUT2D eigenvalue weighted by Gasteiger charge is -2.36. The molecule has 20 heavy (non-hydrogen) atoms. The average Bonchev–Trinajstić information content (AvgIpc) is 2.43. The Hall–Kier alpha value is -0.930. The van der Waals surface area contributed by atoms with Gasteiger partial charge in [-0.1, -0.05) is 18.6 Å². The van der Waals surface area contributed by atoms with Crippen LogP contribution in [-0.2, 0) is 0 Å². The highest BCUT2D eigenvalue weighted by atomic mass is 19.1. The molecule has 2 aliphatic rings. The van der Waals surface area contributed by atoms with E-state index in [1.165, 1.54) is 37.7 Å². The Bertz CT molecular complexity index is 408. The molecule has 0 bridgehead atoms. The van der Waals surface area contributed by atoms with Crippen molar-refractivity contribution in [2.45, 2.75) is 38.1 Å². The monoisotopic (exact) mass is 276 g/mol. The maximum atomic E-state index is 13.1. The van der Waals surface area contributed by atoms with E-state index in [-0.39, 0.29) is 5.82 Å².